The minimum atomic E-state index is -0.251. The second-order valence-electron chi connectivity index (χ2n) is 8.60. The zero-order valence-corrected chi connectivity index (χ0v) is 20.5. The lowest BCUT2D eigenvalue weighted by atomic mass is 10.1. The third-order valence-electron chi connectivity index (χ3n) is 5.99. The summed E-state index contributed by atoms with van der Waals surface area (Å²) in [4.78, 5) is 47.7. The monoisotopic (exact) mass is 496 g/mol. The largest absolute Gasteiger partial charge is 0.329 e. The Hall–Kier alpha value is -4.30. The van der Waals surface area contributed by atoms with Gasteiger partial charge in [-0.15, -0.1) is 0 Å². The van der Waals surface area contributed by atoms with E-state index in [1.165, 1.54) is 4.57 Å². The number of aromatic nitrogens is 3. The van der Waals surface area contributed by atoms with E-state index < -0.39 is 0 Å². The smallest absolute Gasteiger partial charge is 0.308 e. The average molecular weight is 497 g/mol. The highest BCUT2D eigenvalue weighted by molar-refractivity contribution is 7.07. The zero-order chi connectivity index (χ0) is 25.1. The Balaban J connectivity index is 1.47. The fourth-order valence-corrected chi connectivity index (χ4v) is 4.86. The van der Waals surface area contributed by atoms with E-state index in [9.17, 15) is 14.4 Å². The van der Waals surface area contributed by atoms with E-state index in [1.54, 1.807) is 28.5 Å². The van der Waals surface area contributed by atoms with Gasteiger partial charge in [0.1, 0.15) is 12.4 Å². The number of thiazole rings is 1. The van der Waals surface area contributed by atoms with Crippen molar-refractivity contribution >= 4 is 28.1 Å². The third-order valence-corrected chi connectivity index (χ3v) is 6.76. The quantitative estimate of drug-likeness (QED) is 0.363. The van der Waals surface area contributed by atoms with Crippen LogP contribution in [0.3, 0.4) is 0 Å². The Kier molecular flexibility index (Phi) is 6.60. The van der Waals surface area contributed by atoms with Gasteiger partial charge in [0.05, 0.1) is 23.1 Å². The summed E-state index contributed by atoms with van der Waals surface area (Å²) in [6.07, 6.45) is 0. The molecule has 36 heavy (non-hydrogen) atoms. The molecule has 5 rings (SSSR count). The number of amides is 1. The molecule has 0 unspecified atom stereocenters. The van der Waals surface area contributed by atoms with Gasteiger partial charge in [-0.05, 0) is 30.2 Å². The number of fused-ring (bicyclic) bond motifs is 1. The van der Waals surface area contributed by atoms with Crippen LogP contribution in [0.1, 0.15) is 17.0 Å². The Bertz CT molecular complexity index is 1640. The predicted octanol–water partition coefficient (Wildman–Crippen LogP) is 4.35. The minimum absolute atomic E-state index is 0.104. The topological polar surface area (TPSA) is 88.1 Å². The summed E-state index contributed by atoms with van der Waals surface area (Å²) in [6, 6.07) is 24.6. The second kappa shape index (κ2) is 10.1. The van der Waals surface area contributed by atoms with Crippen molar-refractivity contribution in [1.29, 1.82) is 0 Å². The van der Waals surface area contributed by atoms with Crippen molar-refractivity contribution in [2.24, 2.45) is 0 Å². The molecule has 5 aromatic rings. The number of nitrogens with zero attached hydrogens (tertiary/aromatic N) is 3. The summed E-state index contributed by atoms with van der Waals surface area (Å²) in [6.45, 7) is 2.30. The molecule has 1 amide bonds. The van der Waals surface area contributed by atoms with Crippen molar-refractivity contribution in [1.82, 2.24) is 19.4 Å². The van der Waals surface area contributed by atoms with Gasteiger partial charge in [0.25, 0.3) is 5.56 Å². The molecule has 2 aromatic heterocycles. The summed E-state index contributed by atoms with van der Waals surface area (Å²) in [5.41, 5.74) is 3.95. The fraction of sp³-hybridized carbons (Fsp3) is 0.143. The number of aromatic amines is 1. The molecule has 0 saturated heterocycles. The predicted molar refractivity (Wildman–Crippen MR) is 142 cm³/mol. The maximum absolute atomic E-state index is 13.6. The highest BCUT2D eigenvalue weighted by Crippen LogP contribution is 2.21. The Morgan fingerprint density at radius 3 is 2.44 bits per heavy atom. The molecule has 8 heteroatoms. The lowest BCUT2D eigenvalue weighted by Gasteiger charge is -2.23. The lowest BCUT2D eigenvalue weighted by molar-refractivity contribution is -0.133. The van der Waals surface area contributed by atoms with Crippen molar-refractivity contribution in [2.45, 2.75) is 26.6 Å². The maximum atomic E-state index is 13.6. The molecule has 0 aliphatic rings. The number of hydrogen-bond acceptors (Lipinski definition) is 5. The van der Waals surface area contributed by atoms with Gasteiger partial charge in [-0.3, -0.25) is 19.0 Å². The number of hydrogen-bond donors (Lipinski definition) is 1. The normalized spacial score (nSPS) is 11.0. The molecular formula is C28H24N4O3S. The van der Waals surface area contributed by atoms with Crippen LogP contribution >= 0.6 is 11.3 Å². The molecule has 180 valence electrons. The summed E-state index contributed by atoms with van der Waals surface area (Å²) in [7, 11) is 0. The average Bonchev–Trinajstić information content (AvgIpc) is 3.24. The van der Waals surface area contributed by atoms with Crippen LogP contribution in [0.15, 0.2) is 93.8 Å². The molecule has 0 aliphatic carbocycles. The lowest BCUT2D eigenvalue weighted by Crippen LogP contribution is -2.36. The fourth-order valence-electron chi connectivity index (χ4n) is 4.09. The number of carbonyl (C=O) groups is 1. The number of para-hydroxylation sites is 1. The number of aryl methyl sites for hydroxylation is 1. The van der Waals surface area contributed by atoms with Crippen molar-refractivity contribution in [3.05, 3.63) is 121 Å². The molecular weight excluding hydrogens is 472 g/mol. The van der Waals surface area contributed by atoms with Crippen LogP contribution in [0.5, 0.6) is 0 Å². The van der Waals surface area contributed by atoms with Gasteiger partial charge in [0.15, 0.2) is 0 Å². The van der Waals surface area contributed by atoms with Gasteiger partial charge in [0.2, 0.25) is 5.91 Å². The van der Waals surface area contributed by atoms with Crippen molar-refractivity contribution < 1.29 is 4.79 Å². The first-order valence-corrected chi connectivity index (χ1v) is 12.4. The van der Waals surface area contributed by atoms with Gasteiger partial charge in [-0.2, -0.15) is 0 Å². The maximum Gasteiger partial charge on any atom is 0.308 e. The van der Waals surface area contributed by atoms with Gasteiger partial charge in [-0.25, -0.2) is 4.98 Å². The molecule has 0 spiro atoms. The molecule has 0 saturated carbocycles. The van der Waals surface area contributed by atoms with Crippen LogP contribution in [0.25, 0.3) is 22.2 Å². The van der Waals surface area contributed by atoms with Crippen LogP contribution in [-0.2, 0) is 24.4 Å². The van der Waals surface area contributed by atoms with Crippen LogP contribution in [0.2, 0.25) is 0 Å². The Morgan fingerprint density at radius 2 is 1.67 bits per heavy atom. The van der Waals surface area contributed by atoms with E-state index >= 15 is 0 Å². The molecule has 7 nitrogen and oxygen atoms in total. The summed E-state index contributed by atoms with van der Waals surface area (Å²) in [5, 5.41) is 2.28. The van der Waals surface area contributed by atoms with E-state index in [0.717, 1.165) is 28.0 Å². The van der Waals surface area contributed by atoms with Gasteiger partial charge < -0.3 is 9.88 Å². The van der Waals surface area contributed by atoms with Crippen LogP contribution in [0, 0.1) is 6.92 Å². The van der Waals surface area contributed by atoms with Gasteiger partial charge in [-0.1, -0.05) is 83.6 Å². The van der Waals surface area contributed by atoms with E-state index in [1.807, 2.05) is 67.6 Å². The first kappa shape index (κ1) is 23.4. The first-order chi connectivity index (χ1) is 17.5. The minimum Gasteiger partial charge on any atom is -0.329 e. The standard InChI is InChI=1S/C28H24N4O3S/c1-19-11-13-21(14-12-19)24-18-36-28(35)32(24)17-26(33)31(15-20-7-3-2-4-8-20)16-25-29-23-10-6-5-9-22(23)27(34)30-25/h2-14,18H,15-17H2,1H3,(H,29,30,34). The first-order valence-electron chi connectivity index (χ1n) is 11.5. The summed E-state index contributed by atoms with van der Waals surface area (Å²) < 4.78 is 1.51. The molecule has 0 radical (unpaired) electrons. The number of rotatable bonds is 7. The number of H-pyrrole nitrogens is 1. The van der Waals surface area contributed by atoms with Gasteiger partial charge in [0, 0.05) is 11.9 Å². The van der Waals surface area contributed by atoms with Crippen LogP contribution < -0.4 is 10.4 Å². The SMILES string of the molecule is Cc1ccc(-c2csc(=O)n2CC(=O)N(Cc2ccccc2)Cc2nc3ccccc3c(=O)[nH]2)cc1. The Morgan fingerprint density at radius 1 is 0.944 bits per heavy atom. The highest BCUT2D eigenvalue weighted by atomic mass is 32.1. The molecule has 3 aromatic carbocycles. The van der Waals surface area contributed by atoms with E-state index in [2.05, 4.69) is 9.97 Å². The molecule has 0 aliphatic heterocycles. The zero-order valence-electron chi connectivity index (χ0n) is 19.7. The third kappa shape index (κ3) is 5.04. The Labute approximate surface area is 211 Å². The van der Waals surface area contributed by atoms with Crippen LogP contribution in [-0.4, -0.2) is 25.3 Å². The molecule has 0 bridgehead atoms. The summed E-state index contributed by atoms with van der Waals surface area (Å²) >= 11 is 1.07. The van der Waals surface area contributed by atoms with Crippen molar-refractivity contribution in [3.63, 3.8) is 0 Å². The van der Waals surface area contributed by atoms with E-state index in [0.29, 0.717) is 29.0 Å². The summed E-state index contributed by atoms with van der Waals surface area (Å²) in [5.74, 6) is 0.142. The van der Waals surface area contributed by atoms with E-state index in [-0.39, 0.29) is 29.4 Å². The number of nitrogens with one attached hydrogen (secondary N) is 1. The molecule has 2 heterocycles. The number of benzene rings is 3. The second-order valence-corrected chi connectivity index (χ2v) is 9.42. The molecule has 0 atom stereocenters. The molecule has 0 fully saturated rings. The van der Waals surface area contributed by atoms with Gasteiger partial charge >= 0.3 is 4.87 Å². The number of carbonyl (C=O) groups excluding carboxylic acids is 1. The molecule has 1 N–H and O–H groups in total. The van der Waals surface area contributed by atoms with Crippen molar-refractivity contribution in [2.75, 3.05) is 0 Å². The van der Waals surface area contributed by atoms with E-state index in [4.69, 9.17) is 0 Å². The van der Waals surface area contributed by atoms with Crippen molar-refractivity contribution in [3.8, 4) is 11.3 Å². The van der Waals surface area contributed by atoms with Crippen LogP contribution in [0.4, 0.5) is 0 Å². The highest BCUT2D eigenvalue weighted by Gasteiger charge is 2.20.